The minimum absolute atomic E-state index is 0.0590. The summed E-state index contributed by atoms with van der Waals surface area (Å²) in [5, 5.41) is 15.2. The summed E-state index contributed by atoms with van der Waals surface area (Å²) in [5.74, 6) is -1.33. The lowest BCUT2D eigenvalue weighted by atomic mass is 9.67. The predicted octanol–water partition coefficient (Wildman–Crippen LogP) is 3.58. The van der Waals surface area contributed by atoms with Gasteiger partial charge in [0.1, 0.15) is 0 Å². The third-order valence-electron chi connectivity index (χ3n) is 5.84. The number of amides is 2. The van der Waals surface area contributed by atoms with Gasteiger partial charge in [0, 0.05) is 17.3 Å². The molecule has 1 aromatic carbocycles. The van der Waals surface area contributed by atoms with Gasteiger partial charge in [-0.2, -0.15) is 0 Å². The van der Waals surface area contributed by atoms with Crippen LogP contribution in [0.3, 0.4) is 0 Å². The van der Waals surface area contributed by atoms with Crippen LogP contribution in [-0.2, 0) is 9.59 Å². The van der Waals surface area contributed by atoms with Gasteiger partial charge >= 0.3 is 5.97 Å². The molecule has 0 aromatic heterocycles. The molecule has 6 nitrogen and oxygen atoms in total. The fourth-order valence-corrected chi connectivity index (χ4v) is 3.97. The van der Waals surface area contributed by atoms with Gasteiger partial charge in [0.2, 0.25) is 5.91 Å². The maximum Gasteiger partial charge on any atom is 0.304 e. The van der Waals surface area contributed by atoms with Crippen LogP contribution in [-0.4, -0.2) is 28.9 Å². The Morgan fingerprint density at radius 3 is 2.44 bits per heavy atom. The summed E-state index contributed by atoms with van der Waals surface area (Å²) in [6.45, 7) is 1.76. The van der Waals surface area contributed by atoms with Gasteiger partial charge in [0.05, 0.1) is 11.8 Å². The van der Waals surface area contributed by atoms with Crippen molar-refractivity contribution >= 4 is 23.5 Å². The fourth-order valence-electron chi connectivity index (χ4n) is 3.97. The third-order valence-corrected chi connectivity index (χ3v) is 5.84. The van der Waals surface area contributed by atoms with Gasteiger partial charge in [-0.15, -0.1) is 0 Å². The number of carboxylic acids is 1. The van der Waals surface area contributed by atoms with Crippen LogP contribution in [0.25, 0.3) is 0 Å². The second-order valence-electron chi connectivity index (χ2n) is 8.11. The highest BCUT2D eigenvalue weighted by molar-refractivity contribution is 6.00. The number of carbonyl (C=O) groups excluding carboxylic acids is 2. The van der Waals surface area contributed by atoms with Crippen LogP contribution < -0.4 is 10.6 Å². The van der Waals surface area contributed by atoms with Gasteiger partial charge in [-0.05, 0) is 56.7 Å². The number of nitrogens with one attached hydrogen (secondary N) is 2. The van der Waals surface area contributed by atoms with E-state index >= 15 is 0 Å². The highest BCUT2D eigenvalue weighted by Gasteiger charge is 2.43. The number of carboxylic acid groups (broad SMARTS) is 1. The van der Waals surface area contributed by atoms with E-state index in [9.17, 15) is 19.5 Å². The molecule has 3 rings (SSSR count). The standard InChI is InChI=1S/C21H28N2O4/c1-21(13-18(24)25,15-7-3-2-4-8-15)20(27)23-17-9-5-6-14(12-17)19(26)22-16-10-11-16/h5-6,9,12,15-16H,2-4,7-8,10-11,13H2,1H3,(H,22,26)(H,23,27)(H,24,25). The van der Waals surface area contributed by atoms with E-state index in [0.29, 0.717) is 11.3 Å². The summed E-state index contributed by atoms with van der Waals surface area (Å²) in [6.07, 6.45) is 6.79. The molecule has 1 unspecified atom stereocenters. The topological polar surface area (TPSA) is 95.5 Å². The summed E-state index contributed by atoms with van der Waals surface area (Å²) in [5.41, 5.74) is 0.0617. The second-order valence-corrected chi connectivity index (χ2v) is 8.11. The van der Waals surface area contributed by atoms with E-state index in [-0.39, 0.29) is 30.2 Å². The third kappa shape index (κ3) is 4.87. The molecule has 2 saturated carbocycles. The molecule has 0 spiro atoms. The van der Waals surface area contributed by atoms with Crippen molar-refractivity contribution in [3.8, 4) is 0 Å². The molecule has 2 aliphatic carbocycles. The Labute approximate surface area is 159 Å². The second kappa shape index (κ2) is 8.11. The molecule has 2 aliphatic rings. The van der Waals surface area contributed by atoms with E-state index in [0.717, 1.165) is 44.9 Å². The number of carbonyl (C=O) groups is 3. The van der Waals surface area contributed by atoms with Gasteiger partial charge < -0.3 is 15.7 Å². The first-order valence-corrected chi connectivity index (χ1v) is 9.82. The van der Waals surface area contributed by atoms with Crippen molar-refractivity contribution in [1.82, 2.24) is 5.32 Å². The first kappa shape index (κ1) is 19.4. The highest BCUT2D eigenvalue weighted by Crippen LogP contribution is 2.42. The number of rotatable bonds is 7. The zero-order chi connectivity index (χ0) is 19.4. The molecule has 0 saturated heterocycles. The average Bonchev–Trinajstić information content (AvgIpc) is 3.46. The maximum absolute atomic E-state index is 13.1. The van der Waals surface area contributed by atoms with Crippen LogP contribution in [0.15, 0.2) is 24.3 Å². The quantitative estimate of drug-likeness (QED) is 0.682. The van der Waals surface area contributed by atoms with Crippen molar-refractivity contribution in [2.45, 2.75) is 64.3 Å². The molecular formula is C21H28N2O4. The Hall–Kier alpha value is -2.37. The molecule has 6 heteroatoms. The largest absolute Gasteiger partial charge is 0.481 e. The minimum atomic E-state index is -0.962. The van der Waals surface area contributed by atoms with Crippen molar-refractivity contribution in [3.63, 3.8) is 0 Å². The van der Waals surface area contributed by atoms with Crippen molar-refractivity contribution in [2.24, 2.45) is 11.3 Å². The van der Waals surface area contributed by atoms with Crippen molar-refractivity contribution in [1.29, 1.82) is 0 Å². The van der Waals surface area contributed by atoms with Gasteiger partial charge in [0.25, 0.3) is 5.91 Å². The zero-order valence-corrected chi connectivity index (χ0v) is 15.8. The van der Waals surface area contributed by atoms with E-state index < -0.39 is 11.4 Å². The van der Waals surface area contributed by atoms with Crippen LogP contribution in [0.4, 0.5) is 5.69 Å². The average molecular weight is 372 g/mol. The van der Waals surface area contributed by atoms with Crippen LogP contribution in [0.5, 0.6) is 0 Å². The zero-order valence-electron chi connectivity index (χ0n) is 15.8. The smallest absolute Gasteiger partial charge is 0.304 e. The summed E-state index contributed by atoms with van der Waals surface area (Å²) in [6, 6.07) is 7.09. The monoisotopic (exact) mass is 372 g/mol. The van der Waals surface area contributed by atoms with Gasteiger partial charge in [-0.25, -0.2) is 0 Å². The van der Waals surface area contributed by atoms with E-state index in [1.54, 1.807) is 31.2 Å². The summed E-state index contributed by atoms with van der Waals surface area (Å²) >= 11 is 0. The molecule has 2 amide bonds. The Balaban J connectivity index is 1.74. The van der Waals surface area contributed by atoms with Gasteiger partial charge in [-0.3, -0.25) is 14.4 Å². The molecule has 0 radical (unpaired) electrons. The Morgan fingerprint density at radius 2 is 1.81 bits per heavy atom. The molecule has 0 heterocycles. The molecule has 146 valence electrons. The molecule has 2 fully saturated rings. The maximum atomic E-state index is 13.1. The molecule has 0 aliphatic heterocycles. The summed E-state index contributed by atoms with van der Waals surface area (Å²) < 4.78 is 0. The molecule has 27 heavy (non-hydrogen) atoms. The molecule has 0 bridgehead atoms. The SMILES string of the molecule is CC(CC(=O)O)(C(=O)Nc1cccc(C(=O)NC2CC2)c1)C1CCCCC1. The lowest BCUT2D eigenvalue weighted by Crippen LogP contribution is -2.42. The van der Waals surface area contributed by atoms with Crippen LogP contribution in [0, 0.1) is 11.3 Å². The fraction of sp³-hybridized carbons (Fsp3) is 0.571. The normalized spacial score (nSPS) is 19.7. The van der Waals surface area contributed by atoms with Crippen molar-refractivity contribution in [3.05, 3.63) is 29.8 Å². The Bertz CT molecular complexity index is 723. The lowest BCUT2D eigenvalue weighted by Gasteiger charge is -2.37. The van der Waals surface area contributed by atoms with Crippen molar-refractivity contribution < 1.29 is 19.5 Å². The van der Waals surface area contributed by atoms with Crippen LogP contribution in [0.2, 0.25) is 0 Å². The molecule has 3 N–H and O–H groups in total. The molecule has 1 aromatic rings. The molecule has 1 atom stereocenters. The number of hydrogen-bond donors (Lipinski definition) is 3. The minimum Gasteiger partial charge on any atom is -0.481 e. The Morgan fingerprint density at radius 1 is 1.11 bits per heavy atom. The van der Waals surface area contributed by atoms with Gasteiger partial charge in [0.15, 0.2) is 0 Å². The Kier molecular flexibility index (Phi) is 5.82. The predicted molar refractivity (Wildman–Crippen MR) is 102 cm³/mol. The van der Waals surface area contributed by atoms with E-state index in [1.165, 1.54) is 0 Å². The van der Waals surface area contributed by atoms with Crippen LogP contribution in [0.1, 0.15) is 68.6 Å². The van der Waals surface area contributed by atoms with Crippen molar-refractivity contribution in [2.75, 3.05) is 5.32 Å². The number of hydrogen-bond acceptors (Lipinski definition) is 3. The number of benzene rings is 1. The van der Waals surface area contributed by atoms with E-state index in [2.05, 4.69) is 10.6 Å². The van der Waals surface area contributed by atoms with Crippen LogP contribution >= 0.6 is 0 Å². The number of anilines is 1. The lowest BCUT2D eigenvalue weighted by molar-refractivity contribution is -0.145. The van der Waals surface area contributed by atoms with Gasteiger partial charge in [-0.1, -0.05) is 25.3 Å². The summed E-state index contributed by atoms with van der Waals surface area (Å²) in [4.78, 5) is 36.7. The van der Waals surface area contributed by atoms with E-state index in [4.69, 9.17) is 0 Å². The summed E-state index contributed by atoms with van der Waals surface area (Å²) in [7, 11) is 0. The van der Waals surface area contributed by atoms with E-state index in [1.807, 2.05) is 0 Å². The highest BCUT2D eigenvalue weighted by atomic mass is 16.4. The number of aliphatic carboxylic acids is 1. The first-order chi connectivity index (χ1) is 12.9. The molecular weight excluding hydrogens is 344 g/mol. The first-order valence-electron chi connectivity index (χ1n) is 9.82.